The number of hydrogen-bond acceptors (Lipinski definition) is 0. The van der Waals surface area contributed by atoms with Crippen LogP contribution in [0.1, 0.15) is 60.3 Å². The quantitative estimate of drug-likeness (QED) is 0.520. The van der Waals surface area contributed by atoms with Crippen molar-refractivity contribution in [3.63, 3.8) is 0 Å². The number of rotatable bonds is 2. The highest BCUT2D eigenvalue weighted by molar-refractivity contribution is 7.65. The Morgan fingerprint density at radius 1 is 0.810 bits per heavy atom. The van der Waals surface area contributed by atoms with Crippen LogP contribution in [0.15, 0.2) is 24.3 Å². The van der Waals surface area contributed by atoms with E-state index in [0.717, 1.165) is 28.3 Å². The van der Waals surface area contributed by atoms with Crippen LogP contribution in [-0.2, 0) is 0 Å². The SMILES string of the molecule is C[C@@H]1CC[C@@H](C)P1[C@H]1C=CC=C[C@]1(C)P1[C@H](C)CC[C@H]1C. The third-order valence-electron chi connectivity index (χ3n) is 6.29. The molecule has 0 radical (unpaired) electrons. The van der Waals surface area contributed by atoms with Gasteiger partial charge in [-0.3, -0.25) is 0 Å². The first-order chi connectivity index (χ1) is 9.95. The van der Waals surface area contributed by atoms with Crippen LogP contribution in [-0.4, -0.2) is 33.5 Å². The molecular formula is C19H32P2. The van der Waals surface area contributed by atoms with Gasteiger partial charge >= 0.3 is 0 Å². The van der Waals surface area contributed by atoms with Gasteiger partial charge in [-0.25, -0.2) is 0 Å². The van der Waals surface area contributed by atoms with Gasteiger partial charge in [-0.05, 0) is 48.3 Å². The second kappa shape index (κ2) is 6.09. The molecule has 2 heteroatoms. The van der Waals surface area contributed by atoms with Gasteiger partial charge in [-0.15, -0.1) is 0 Å². The first kappa shape index (κ1) is 16.2. The van der Waals surface area contributed by atoms with E-state index >= 15 is 0 Å². The van der Waals surface area contributed by atoms with E-state index in [1.54, 1.807) is 0 Å². The van der Waals surface area contributed by atoms with Gasteiger partial charge in [-0.2, -0.15) is 0 Å². The summed E-state index contributed by atoms with van der Waals surface area (Å²) in [4.78, 5) is 0. The maximum absolute atomic E-state index is 2.63. The topological polar surface area (TPSA) is 0 Å². The van der Waals surface area contributed by atoms with Crippen LogP contribution in [0.2, 0.25) is 0 Å². The molecule has 3 aliphatic rings. The molecule has 6 atom stereocenters. The predicted octanol–water partition coefficient (Wildman–Crippen LogP) is 6.35. The molecular weight excluding hydrogens is 290 g/mol. The Hall–Kier alpha value is 0.340. The van der Waals surface area contributed by atoms with Gasteiger partial charge in [0, 0.05) is 10.8 Å². The largest absolute Gasteiger partial charge is 0.0926 e. The Balaban J connectivity index is 1.95. The standard InChI is InChI=1S/C19H32P2/c1-14-9-10-15(2)20(14)18-8-6-7-13-19(18,5)21-16(3)11-12-17(21)4/h6-8,13-18H,9-12H2,1-5H3/t14-,15-,16-,17-,18+,19+/m1/s1. The Morgan fingerprint density at radius 2 is 1.33 bits per heavy atom. The molecule has 0 nitrogen and oxygen atoms in total. The monoisotopic (exact) mass is 322 g/mol. The second-order valence-corrected chi connectivity index (χ2v) is 14.6. The van der Waals surface area contributed by atoms with Crippen molar-refractivity contribution in [1.29, 1.82) is 0 Å². The van der Waals surface area contributed by atoms with Crippen molar-refractivity contribution >= 4 is 15.8 Å². The van der Waals surface area contributed by atoms with Crippen molar-refractivity contribution in [2.24, 2.45) is 0 Å². The Kier molecular flexibility index (Phi) is 4.70. The Bertz CT molecular complexity index is 421. The van der Waals surface area contributed by atoms with Gasteiger partial charge in [0.05, 0.1) is 0 Å². The van der Waals surface area contributed by atoms with Crippen LogP contribution >= 0.6 is 15.8 Å². The van der Waals surface area contributed by atoms with E-state index < -0.39 is 0 Å². The predicted molar refractivity (Wildman–Crippen MR) is 101 cm³/mol. The second-order valence-electron chi connectivity index (χ2n) is 7.82. The molecule has 2 aliphatic heterocycles. The van der Waals surface area contributed by atoms with Gasteiger partial charge in [0.2, 0.25) is 0 Å². The number of hydrogen-bond donors (Lipinski definition) is 0. The lowest BCUT2D eigenvalue weighted by atomic mass is 10.0. The lowest BCUT2D eigenvalue weighted by Gasteiger charge is -2.49. The van der Waals surface area contributed by atoms with E-state index in [9.17, 15) is 0 Å². The maximum atomic E-state index is 2.63. The van der Waals surface area contributed by atoms with E-state index in [4.69, 9.17) is 0 Å². The minimum atomic E-state index is 0.117. The summed E-state index contributed by atoms with van der Waals surface area (Å²) in [5.74, 6) is 0. The molecule has 0 aromatic rings. The van der Waals surface area contributed by atoms with Gasteiger partial charge in [-0.1, -0.05) is 74.8 Å². The van der Waals surface area contributed by atoms with Crippen LogP contribution in [0.5, 0.6) is 0 Å². The molecule has 0 aromatic carbocycles. The summed E-state index contributed by atoms with van der Waals surface area (Å²) in [6, 6.07) is 0. The van der Waals surface area contributed by atoms with Gasteiger partial charge < -0.3 is 0 Å². The minimum Gasteiger partial charge on any atom is -0.0926 e. The molecule has 0 N–H and O–H groups in total. The van der Waals surface area contributed by atoms with Crippen LogP contribution in [0.25, 0.3) is 0 Å². The molecule has 0 aromatic heterocycles. The maximum Gasteiger partial charge on any atom is 0.0166 e. The minimum absolute atomic E-state index is 0.117. The zero-order chi connectivity index (χ0) is 15.2. The average Bonchev–Trinajstić information content (AvgIpc) is 2.94. The summed E-state index contributed by atoms with van der Waals surface area (Å²) in [5.41, 5.74) is 4.71. The molecule has 3 rings (SSSR count). The highest BCUT2D eigenvalue weighted by Gasteiger charge is 2.50. The average molecular weight is 322 g/mol. The fourth-order valence-corrected chi connectivity index (χ4v) is 14.2. The number of allylic oxidation sites excluding steroid dienone is 4. The van der Waals surface area contributed by atoms with Crippen molar-refractivity contribution in [3.8, 4) is 0 Å². The third-order valence-corrected chi connectivity index (χ3v) is 14.3. The first-order valence-electron chi connectivity index (χ1n) is 8.87. The summed E-state index contributed by atoms with van der Waals surface area (Å²) >= 11 is 0. The van der Waals surface area contributed by atoms with Gasteiger partial charge in [0.1, 0.15) is 0 Å². The van der Waals surface area contributed by atoms with E-state index in [2.05, 4.69) is 58.9 Å². The van der Waals surface area contributed by atoms with E-state index in [0.29, 0.717) is 5.16 Å². The zero-order valence-electron chi connectivity index (χ0n) is 14.4. The zero-order valence-corrected chi connectivity index (χ0v) is 16.2. The summed E-state index contributed by atoms with van der Waals surface area (Å²) in [7, 11) is 0.267. The summed E-state index contributed by atoms with van der Waals surface area (Å²) in [5, 5.41) is 0.470. The van der Waals surface area contributed by atoms with Crippen LogP contribution in [0, 0.1) is 0 Å². The molecule has 0 spiro atoms. The molecule has 1 aliphatic carbocycles. The van der Waals surface area contributed by atoms with Crippen molar-refractivity contribution < 1.29 is 0 Å². The van der Waals surface area contributed by atoms with Gasteiger partial charge in [0.25, 0.3) is 0 Å². The van der Waals surface area contributed by atoms with E-state index in [-0.39, 0.29) is 15.8 Å². The van der Waals surface area contributed by atoms with E-state index in [1.165, 1.54) is 25.7 Å². The fourth-order valence-electron chi connectivity index (χ4n) is 5.26. The summed E-state index contributed by atoms with van der Waals surface area (Å²) in [6.07, 6.45) is 15.8. The Labute approximate surface area is 134 Å². The fraction of sp³-hybridized carbons (Fsp3) is 0.789. The van der Waals surface area contributed by atoms with Crippen molar-refractivity contribution in [1.82, 2.24) is 0 Å². The first-order valence-corrected chi connectivity index (χ1v) is 11.9. The lowest BCUT2D eigenvalue weighted by molar-refractivity contribution is 0.763. The normalized spacial score (nSPS) is 48.3. The molecule has 2 saturated heterocycles. The van der Waals surface area contributed by atoms with Crippen molar-refractivity contribution in [2.75, 3.05) is 0 Å². The molecule has 0 amide bonds. The molecule has 2 fully saturated rings. The van der Waals surface area contributed by atoms with Crippen LogP contribution in [0.3, 0.4) is 0 Å². The Morgan fingerprint density at radius 3 is 1.90 bits per heavy atom. The lowest BCUT2D eigenvalue weighted by Crippen LogP contribution is -2.39. The highest BCUT2D eigenvalue weighted by atomic mass is 31.1. The molecule has 21 heavy (non-hydrogen) atoms. The molecule has 0 saturated carbocycles. The molecule has 0 unspecified atom stereocenters. The molecule has 0 bridgehead atoms. The highest BCUT2D eigenvalue weighted by Crippen LogP contribution is 2.73. The van der Waals surface area contributed by atoms with E-state index in [1.807, 2.05) is 0 Å². The van der Waals surface area contributed by atoms with Crippen LogP contribution in [0.4, 0.5) is 0 Å². The van der Waals surface area contributed by atoms with Crippen molar-refractivity contribution in [3.05, 3.63) is 24.3 Å². The van der Waals surface area contributed by atoms with Crippen LogP contribution < -0.4 is 0 Å². The van der Waals surface area contributed by atoms with Gasteiger partial charge in [0.15, 0.2) is 0 Å². The molecule has 2 heterocycles. The summed E-state index contributed by atoms with van der Waals surface area (Å²) < 4.78 is 0. The third kappa shape index (κ3) is 2.70. The van der Waals surface area contributed by atoms with Crippen molar-refractivity contribution in [2.45, 2.75) is 93.8 Å². The summed E-state index contributed by atoms with van der Waals surface area (Å²) in [6.45, 7) is 12.8. The smallest absolute Gasteiger partial charge is 0.0166 e. The molecule has 118 valence electrons.